The van der Waals surface area contributed by atoms with Crippen LogP contribution in [0.3, 0.4) is 0 Å². The molecule has 1 unspecified atom stereocenters. The molecular formula is C23H26N2. The second-order valence-electron chi connectivity index (χ2n) is 6.80. The Hall–Kier alpha value is -2.61. The van der Waals surface area contributed by atoms with E-state index in [4.69, 9.17) is 4.99 Å². The predicted molar refractivity (Wildman–Crippen MR) is 108 cm³/mol. The smallest absolute Gasteiger partial charge is 0.136 e. The Kier molecular flexibility index (Phi) is 4.89. The van der Waals surface area contributed by atoms with E-state index in [1.807, 2.05) is 13.0 Å². The Morgan fingerprint density at radius 1 is 1.04 bits per heavy atom. The minimum atomic E-state index is -0.269. The molecule has 0 bridgehead atoms. The number of hydrogen-bond donors (Lipinski definition) is 0. The van der Waals surface area contributed by atoms with Crippen molar-refractivity contribution in [3.8, 4) is 0 Å². The maximum atomic E-state index is 5.16. The van der Waals surface area contributed by atoms with Crippen LogP contribution >= 0.6 is 0 Å². The van der Waals surface area contributed by atoms with Gasteiger partial charge in [0.1, 0.15) is 5.84 Å². The van der Waals surface area contributed by atoms with Gasteiger partial charge >= 0.3 is 0 Å². The number of anilines is 1. The van der Waals surface area contributed by atoms with Gasteiger partial charge in [0, 0.05) is 11.3 Å². The SMILES string of the molecule is C/C=C\C=C/[C@@]1(C)N=C(c2cccc(C)c2)N(c2ccccc2)C1C. The molecule has 0 saturated heterocycles. The van der Waals surface area contributed by atoms with Crippen LogP contribution in [0.5, 0.6) is 0 Å². The van der Waals surface area contributed by atoms with Crippen molar-refractivity contribution in [1.29, 1.82) is 0 Å². The van der Waals surface area contributed by atoms with Crippen LogP contribution in [0.1, 0.15) is 31.9 Å². The van der Waals surface area contributed by atoms with E-state index in [0.29, 0.717) is 0 Å². The van der Waals surface area contributed by atoms with Gasteiger partial charge in [0.2, 0.25) is 0 Å². The molecule has 0 saturated carbocycles. The molecule has 128 valence electrons. The van der Waals surface area contributed by atoms with Crippen molar-refractivity contribution in [3.05, 3.63) is 90.0 Å². The largest absolute Gasteiger partial charge is 0.321 e. The van der Waals surface area contributed by atoms with Crippen LogP contribution < -0.4 is 4.90 Å². The first-order valence-corrected chi connectivity index (χ1v) is 8.87. The van der Waals surface area contributed by atoms with Gasteiger partial charge in [0.15, 0.2) is 0 Å². The van der Waals surface area contributed by atoms with Gasteiger partial charge in [-0.3, -0.25) is 4.99 Å². The van der Waals surface area contributed by atoms with Crippen molar-refractivity contribution >= 4 is 11.5 Å². The van der Waals surface area contributed by atoms with Gasteiger partial charge in [-0.2, -0.15) is 0 Å². The van der Waals surface area contributed by atoms with Gasteiger partial charge in [-0.25, -0.2) is 0 Å². The van der Waals surface area contributed by atoms with Crippen LogP contribution in [0.15, 0.2) is 83.9 Å². The molecule has 0 amide bonds. The maximum absolute atomic E-state index is 5.16. The van der Waals surface area contributed by atoms with Crippen molar-refractivity contribution in [2.75, 3.05) is 4.90 Å². The average Bonchev–Trinajstić information content (AvgIpc) is 2.88. The topological polar surface area (TPSA) is 15.6 Å². The highest BCUT2D eigenvalue weighted by atomic mass is 15.3. The van der Waals surface area contributed by atoms with Gasteiger partial charge in [-0.1, -0.05) is 66.3 Å². The molecule has 0 aliphatic carbocycles. The zero-order valence-corrected chi connectivity index (χ0v) is 15.5. The summed E-state index contributed by atoms with van der Waals surface area (Å²) >= 11 is 0. The summed E-state index contributed by atoms with van der Waals surface area (Å²) in [5.74, 6) is 1.04. The Morgan fingerprint density at radius 3 is 2.48 bits per heavy atom. The van der Waals surface area contributed by atoms with E-state index in [1.54, 1.807) is 0 Å². The fourth-order valence-electron chi connectivity index (χ4n) is 3.28. The van der Waals surface area contributed by atoms with Gasteiger partial charge < -0.3 is 4.90 Å². The third kappa shape index (κ3) is 3.43. The summed E-state index contributed by atoms with van der Waals surface area (Å²) < 4.78 is 0. The Labute approximate surface area is 151 Å². The monoisotopic (exact) mass is 330 g/mol. The fourth-order valence-corrected chi connectivity index (χ4v) is 3.28. The quantitative estimate of drug-likeness (QED) is 0.672. The lowest BCUT2D eigenvalue weighted by Gasteiger charge is -2.31. The molecule has 3 rings (SSSR count). The van der Waals surface area contributed by atoms with E-state index in [1.165, 1.54) is 16.8 Å². The predicted octanol–water partition coefficient (Wildman–Crippen LogP) is 5.54. The molecule has 0 radical (unpaired) electrons. The van der Waals surface area contributed by atoms with Gasteiger partial charge in [-0.05, 0) is 45.9 Å². The number of aliphatic imine (C=N–C) groups is 1. The van der Waals surface area contributed by atoms with E-state index in [2.05, 4.69) is 98.5 Å². The average molecular weight is 330 g/mol. The molecule has 0 aromatic heterocycles. The second-order valence-corrected chi connectivity index (χ2v) is 6.80. The third-order valence-corrected chi connectivity index (χ3v) is 4.86. The number of hydrogen-bond acceptors (Lipinski definition) is 2. The second kappa shape index (κ2) is 7.10. The summed E-state index contributed by atoms with van der Waals surface area (Å²) in [5, 5.41) is 0. The van der Waals surface area contributed by atoms with E-state index in [-0.39, 0.29) is 11.6 Å². The lowest BCUT2D eigenvalue weighted by Crippen LogP contribution is -2.42. The number of allylic oxidation sites excluding steroid dienone is 3. The first kappa shape index (κ1) is 17.2. The molecular weight excluding hydrogens is 304 g/mol. The standard InChI is InChI=1S/C23H26N2/c1-5-6-10-16-23(4)19(3)25(21-14-8-7-9-15-21)22(24-23)20-13-11-12-18(2)17-20/h5-17,19H,1-4H3/b6-5-,16-10-/t19?,23-/m1/s1. The minimum absolute atomic E-state index is 0.229. The van der Waals surface area contributed by atoms with Crippen LogP contribution in [0.25, 0.3) is 0 Å². The maximum Gasteiger partial charge on any atom is 0.136 e. The van der Waals surface area contributed by atoms with Crippen LogP contribution in [-0.2, 0) is 0 Å². The molecule has 0 spiro atoms. The number of aryl methyl sites for hydroxylation is 1. The molecule has 1 aliphatic rings. The molecule has 1 aliphatic heterocycles. The molecule has 2 aromatic carbocycles. The van der Waals surface area contributed by atoms with E-state index >= 15 is 0 Å². The summed E-state index contributed by atoms with van der Waals surface area (Å²) in [7, 11) is 0. The van der Waals surface area contributed by atoms with E-state index in [9.17, 15) is 0 Å². The first-order valence-electron chi connectivity index (χ1n) is 8.87. The number of para-hydroxylation sites is 1. The van der Waals surface area contributed by atoms with Crippen LogP contribution in [0, 0.1) is 6.92 Å². The van der Waals surface area contributed by atoms with Crippen molar-refractivity contribution in [2.24, 2.45) is 4.99 Å². The van der Waals surface area contributed by atoms with Crippen LogP contribution in [-0.4, -0.2) is 17.4 Å². The van der Waals surface area contributed by atoms with Crippen molar-refractivity contribution < 1.29 is 0 Å². The molecule has 0 N–H and O–H groups in total. The first-order chi connectivity index (χ1) is 12.0. The fraction of sp³-hybridized carbons (Fsp3) is 0.261. The minimum Gasteiger partial charge on any atom is -0.321 e. The summed E-state index contributed by atoms with van der Waals surface area (Å²) in [6, 6.07) is 19.4. The highest BCUT2D eigenvalue weighted by Gasteiger charge is 2.41. The molecule has 2 heteroatoms. The van der Waals surface area contributed by atoms with E-state index in [0.717, 1.165) is 5.84 Å². The van der Waals surface area contributed by atoms with Gasteiger partial charge in [0.25, 0.3) is 0 Å². The number of rotatable bonds is 4. The molecule has 2 nitrogen and oxygen atoms in total. The van der Waals surface area contributed by atoms with Crippen LogP contribution in [0.2, 0.25) is 0 Å². The summed E-state index contributed by atoms with van der Waals surface area (Å²) in [6.45, 7) is 8.61. The van der Waals surface area contributed by atoms with Crippen molar-refractivity contribution in [1.82, 2.24) is 0 Å². The summed E-state index contributed by atoms with van der Waals surface area (Å²) in [5.41, 5.74) is 3.32. The highest BCUT2D eigenvalue weighted by Crippen LogP contribution is 2.35. The zero-order chi connectivity index (χ0) is 17.9. The van der Waals surface area contributed by atoms with E-state index < -0.39 is 0 Å². The number of nitrogens with zero attached hydrogens (tertiary/aromatic N) is 2. The van der Waals surface area contributed by atoms with Gasteiger partial charge in [-0.15, -0.1) is 0 Å². The lowest BCUT2D eigenvalue weighted by atomic mass is 9.93. The van der Waals surface area contributed by atoms with Crippen molar-refractivity contribution in [3.63, 3.8) is 0 Å². The Morgan fingerprint density at radius 2 is 1.80 bits per heavy atom. The molecule has 1 heterocycles. The summed E-state index contributed by atoms with van der Waals surface area (Å²) in [6.07, 6.45) is 8.41. The lowest BCUT2D eigenvalue weighted by molar-refractivity contribution is 0.518. The third-order valence-electron chi connectivity index (χ3n) is 4.86. The normalized spacial score (nSPS) is 23.6. The van der Waals surface area contributed by atoms with Gasteiger partial charge in [0.05, 0.1) is 11.6 Å². The number of amidine groups is 1. The highest BCUT2D eigenvalue weighted by molar-refractivity contribution is 6.12. The van der Waals surface area contributed by atoms with Crippen LogP contribution in [0.4, 0.5) is 5.69 Å². The molecule has 2 aromatic rings. The summed E-state index contributed by atoms with van der Waals surface area (Å²) in [4.78, 5) is 7.52. The van der Waals surface area contributed by atoms with Crippen molar-refractivity contribution in [2.45, 2.75) is 39.3 Å². The molecule has 0 fully saturated rings. The Bertz CT molecular complexity index is 817. The number of benzene rings is 2. The molecule has 2 atom stereocenters. The Balaban J connectivity index is 2.11. The molecule has 25 heavy (non-hydrogen) atoms. The zero-order valence-electron chi connectivity index (χ0n) is 15.5.